The van der Waals surface area contributed by atoms with Gasteiger partial charge in [-0.1, -0.05) is 41.7 Å². The van der Waals surface area contributed by atoms with E-state index < -0.39 is 0 Å². The van der Waals surface area contributed by atoms with Gasteiger partial charge >= 0.3 is 0 Å². The minimum Gasteiger partial charge on any atom is -0.494 e. The van der Waals surface area contributed by atoms with Crippen molar-refractivity contribution in [2.75, 3.05) is 11.9 Å². The number of rotatable bonds is 5. The van der Waals surface area contributed by atoms with Crippen LogP contribution in [0.3, 0.4) is 0 Å². The molecule has 4 aromatic rings. The first-order chi connectivity index (χ1) is 13.1. The molecule has 27 heavy (non-hydrogen) atoms. The first-order valence-corrected chi connectivity index (χ1v) is 10.1. The van der Waals surface area contributed by atoms with E-state index in [2.05, 4.69) is 15.3 Å². The Bertz CT molecular complexity index is 1100. The Kier molecular flexibility index (Phi) is 4.87. The van der Waals surface area contributed by atoms with E-state index in [0.717, 1.165) is 32.2 Å². The SMILES string of the molecule is CCOc1ccc2nc(NC(=O)c3sc(-c4ccccc4)nc3C)sc2c1. The topological polar surface area (TPSA) is 64.1 Å². The second-order valence-electron chi connectivity index (χ2n) is 5.84. The van der Waals surface area contributed by atoms with Gasteiger partial charge < -0.3 is 4.74 Å². The monoisotopic (exact) mass is 395 g/mol. The molecule has 2 aromatic carbocycles. The molecular weight excluding hydrogens is 378 g/mol. The highest BCUT2D eigenvalue weighted by atomic mass is 32.1. The number of carbonyl (C=O) groups is 1. The first kappa shape index (κ1) is 17.6. The largest absolute Gasteiger partial charge is 0.494 e. The number of amides is 1. The number of carbonyl (C=O) groups excluding carboxylic acids is 1. The summed E-state index contributed by atoms with van der Waals surface area (Å²) in [4.78, 5) is 22.4. The number of hydrogen-bond donors (Lipinski definition) is 1. The van der Waals surface area contributed by atoms with Crippen molar-refractivity contribution in [1.82, 2.24) is 9.97 Å². The molecule has 0 aliphatic rings. The van der Waals surface area contributed by atoms with Gasteiger partial charge in [0.05, 0.1) is 22.5 Å². The van der Waals surface area contributed by atoms with E-state index in [1.807, 2.05) is 62.4 Å². The molecular formula is C20H17N3O2S2. The fourth-order valence-corrected chi connectivity index (χ4v) is 4.54. The summed E-state index contributed by atoms with van der Waals surface area (Å²) in [5.41, 5.74) is 2.56. The van der Waals surface area contributed by atoms with Crippen molar-refractivity contribution < 1.29 is 9.53 Å². The molecule has 0 fully saturated rings. The molecule has 4 rings (SSSR count). The normalized spacial score (nSPS) is 10.9. The van der Waals surface area contributed by atoms with Gasteiger partial charge in [-0.15, -0.1) is 11.3 Å². The lowest BCUT2D eigenvalue weighted by Crippen LogP contribution is -2.11. The number of hydrogen-bond acceptors (Lipinski definition) is 6. The van der Waals surface area contributed by atoms with Crippen molar-refractivity contribution in [2.45, 2.75) is 13.8 Å². The maximum absolute atomic E-state index is 12.7. The lowest BCUT2D eigenvalue weighted by Gasteiger charge is -2.00. The smallest absolute Gasteiger partial charge is 0.269 e. The predicted molar refractivity (Wildman–Crippen MR) is 111 cm³/mol. The van der Waals surface area contributed by atoms with E-state index >= 15 is 0 Å². The molecule has 2 aromatic heterocycles. The second kappa shape index (κ2) is 7.46. The summed E-state index contributed by atoms with van der Waals surface area (Å²) >= 11 is 2.82. The van der Waals surface area contributed by atoms with Crippen LogP contribution in [-0.2, 0) is 0 Å². The molecule has 0 saturated heterocycles. The van der Waals surface area contributed by atoms with Gasteiger partial charge in [0, 0.05) is 5.56 Å². The lowest BCUT2D eigenvalue weighted by molar-refractivity contribution is 0.103. The van der Waals surface area contributed by atoms with Gasteiger partial charge in [0.1, 0.15) is 15.6 Å². The van der Waals surface area contributed by atoms with Crippen molar-refractivity contribution in [3.63, 3.8) is 0 Å². The molecule has 0 bridgehead atoms. The summed E-state index contributed by atoms with van der Waals surface area (Å²) in [7, 11) is 0. The van der Waals surface area contributed by atoms with Gasteiger partial charge in [-0.05, 0) is 32.0 Å². The van der Waals surface area contributed by atoms with Gasteiger partial charge in [0.15, 0.2) is 5.13 Å². The Balaban J connectivity index is 1.57. The Morgan fingerprint density at radius 3 is 2.70 bits per heavy atom. The van der Waals surface area contributed by atoms with E-state index in [0.29, 0.717) is 16.6 Å². The maximum Gasteiger partial charge on any atom is 0.269 e. The molecule has 2 heterocycles. The average Bonchev–Trinajstić information content (AvgIpc) is 3.25. The number of ether oxygens (including phenoxy) is 1. The van der Waals surface area contributed by atoms with Crippen LogP contribution >= 0.6 is 22.7 Å². The molecule has 0 spiro atoms. The first-order valence-electron chi connectivity index (χ1n) is 8.51. The number of aromatic nitrogens is 2. The van der Waals surface area contributed by atoms with Crippen molar-refractivity contribution in [3.8, 4) is 16.3 Å². The van der Waals surface area contributed by atoms with Crippen LogP contribution in [0.2, 0.25) is 0 Å². The van der Waals surface area contributed by atoms with Crippen molar-refractivity contribution in [2.24, 2.45) is 0 Å². The minimum absolute atomic E-state index is 0.184. The highest BCUT2D eigenvalue weighted by Gasteiger charge is 2.18. The zero-order valence-electron chi connectivity index (χ0n) is 14.9. The van der Waals surface area contributed by atoms with Gasteiger partial charge in [0.25, 0.3) is 5.91 Å². The molecule has 0 saturated carbocycles. The number of nitrogens with one attached hydrogen (secondary N) is 1. The van der Waals surface area contributed by atoms with Crippen LogP contribution in [0, 0.1) is 6.92 Å². The average molecular weight is 396 g/mol. The van der Waals surface area contributed by atoms with Crippen molar-refractivity contribution in [1.29, 1.82) is 0 Å². The van der Waals surface area contributed by atoms with E-state index in [9.17, 15) is 4.79 Å². The molecule has 0 aliphatic carbocycles. The van der Waals surface area contributed by atoms with Crippen LogP contribution in [0.1, 0.15) is 22.3 Å². The molecule has 1 amide bonds. The molecule has 7 heteroatoms. The van der Waals surface area contributed by atoms with E-state index in [1.54, 1.807) is 0 Å². The third-order valence-corrected chi connectivity index (χ3v) is 6.05. The minimum atomic E-state index is -0.184. The summed E-state index contributed by atoms with van der Waals surface area (Å²) in [5.74, 6) is 0.619. The molecule has 0 radical (unpaired) electrons. The number of thiazole rings is 2. The predicted octanol–water partition coefficient (Wildman–Crippen LogP) is 5.38. The van der Waals surface area contributed by atoms with Crippen LogP contribution in [0.25, 0.3) is 20.8 Å². The molecule has 0 aliphatic heterocycles. The summed E-state index contributed by atoms with van der Waals surface area (Å²) in [6.45, 7) is 4.41. The third-order valence-electron chi connectivity index (χ3n) is 3.91. The number of aryl methyl sites for hydroxylation is 1. The Morgan fingerprint density at radius 1 is 1.11 bits per heavy atom. The fourth-order valence-electron chi connectivity index (χ4n) is 2.68. The molecule has 1 N–H and O–H groups in total. The second-order valence-corrected chi connectivity index (χ2v) is 7.86. The summed E-state index contributed by atoms with van der Waals surface area (Å²) in [5, 5.41) is 4.31. The molecule has 0 unspecified atom stereocenters. The van der Waals surface area contributed by atoms with Gasteiger partial charge in [-0.3, -0.25) is 10.1 Å². The van der Waals surface area contributed by atoms with E-state index in [-0.39, 0.29) is 5.91 Å². The Hall–Kier alpha value is -2.77. The van der Waals surface area contributed by atoms with Crippen LogP contribution in [0.5, 0.6) is 5.75 Å². The van der Waals surface area contributed by atoms with Crippen molar-refractivity contribution in [3.05, 3.63) is 59.1 Å². The number of benzene rings is 2. The van der Waals surface area contributed by atoms with Crippen LogP contribution < -0.4 is 10.1 Å². The number of fused-ring (bicyclic) bond motifs is 1. The quantitative estimate of drug-likeness (QED) is 0.493. The molecule has 0 atom stereocenters. The zero-order chi connectivity index (χ0) is 18.8. The highest BCUT2D eigenvalue weighted by Crippen LogP contribution is 2.31. The standard InChI is InChI=1S/C20H17N3O2S2/c1-3-25-14-9-10-15-16(11-14)26-20(22-15)23-18(24)17-12(2)21-19(27-17)13-7-5-4-6-8-13/h4-11H,3H2,1-2H3,(H,22,23,24). The molecule has 136 valence electrons. The van der Waals surface area contributed by atoms with Gasteiger partial charge in [-0.2, -0.15) is 0 Å². The number of anilines is 1. The molecule has 5 nitrogen and oxygen atoms in total. The Morgan fingerprint density at radius 2 is 1.93 bits per heavy atom. The summed E-state index contributed by atoms with van der Waals surface area (Å²) in [6, 6.07) is 15.6. The number of nitrogens with zero attached hydrogens (tertiary/aromatic N) is 2. The summed E-state index contributed by atoms with van der Waals surface area (Å²) < 4.78 is 6.49. The van der Waals surface area contributed by atoms with Crippen LogP contribution in [-0.4, -0.2) is 22.5 Å². The highest BCUT2D eigenvalue weighted by molar-refractivity contribution is 7.22. The van der Waals surface area contributed by atoms with Gasteiger partial charge in [-0.25, -0.2) is 9.97 Å². The lowest BCUT2D eigenvalue weighted by atomic mass is 10.2. The van der Waals surface area contributed by atoms with E-state index in [4.69, 9.17) is 4.74 Å². The van der Waals surface area contributed by atoms with E-state index in [1.165, 1.54) is 22.7 Å². The Labute approximate surface area is 164 Å². The van der Waals surface area contributed by atoms with Crippen molar-refractivity contribution >= 4 is 43.9 Å². The summed E-state index contributed by atoms with van der Waals surface area (Å²) in [6.07, 6.45) is 0. The zero-order valence-corrected chi connectivity index (χ0v) is 16.5. The van der Waals surface area contributed by atoms with Gasteiger partial charge in [0.2, 0.25) is 0 Å². The van der Waals surface area contributed by atoms with Crippen LogP contribution in [0.15, 0.2) is 48.5 Å². The third kappa shape index (κ3) is 3.70. The van der Waals surface area contributed by atoms with Crippen LogP contribution in [0.4, 0.5) is 5.13 Å². The maximum atomic E-state index is 12.7. The fraction of sp³-hybridized carbons (Fsp3) is 0.150.